The zero-order valence-corrected chi connectivity index (χ0v) is 14.2. The van der Waals surface area contributed by atoms with E-state index in [-0.39, 0.29) is 45.2 Å². The van der Waals surface area contributed by atoms with Gasteiger partial charge in [-0.15, -0.1) is 5.56 Å². The van der Waals surface area contributed by atoms with Crippen molar-refractivity contribution in [3.05, 3.63) is 35.4 Å². The van der Waals surface area contributed by atoms with Crippen molar-refractivity contribution in [1.29, 1.82) is 0 Å². The Morgan fingerprint density at radius 1 is 1.39 bits per heavy atom. The average Bonchev–Trinajstić information content (AvgIpc) is 2.37. The van der Waals surface area contributed by atoms with Gasteiger partial charge in [-0.05, 0) is 0 Å². The molecule has 97 valence electrons. The molecule has 3 nitrogen and oxygen atoms in total. The van der Waals surface area contributed by atoms with Gasteiger partial charge in [0, 0.05) is 45.8 Å². The molecule has 0 N–H and O–H groups in total. The van der Waals surface area contributed by atoms with Crippen LogP contribution in [-0.2, 0) is 48.8 Å². The second-order valence-corrected chi connectivity index (χ2v) is 3.75. The number of carbonyl (C=O) groups is 1. The Hall–Kier alpha value is -0.246. The van der Waals surface area contributed by atoms with Crippen LogP contribution in [0.3, 0.4) is 0 Å². The van der Waals surface area contributed by atoms with Crippen molar-refractivity contribution in [1.82, 2.24) is 4.90 Å². The third-order valence-electron chi connectivity index (χ3n) is 2.49. The summed E-state index contributed by atoms with van der Waals surface area (Å²) in [7, 11) is 0. The molecule has 0 aromatic heterocycles. The van der Waals surface area contributed by atoms with Gasteiger partial charge in [0.2, 0.25) is 5.91 Å². The predicted molar refractivity (Wildman–Crippen MR) is 67.6 cm³/mol. The molecule has 2 rings (SSSR count). The molecule has 0 unspecified atom stereocenters. The monoisotopic (exact) mass is 323 g/mol. The zero-order valence-electron chi connectivity index (χ0n) is 11.4. The molecule has 4 heteroatoms. The first kappa shape index (κ1) is 17.8. The third kappa shape index (κ3) is 5.60. The summed E-state index contributed by atoms with van der Waals surface area (Å²) < 4.78 is 5.07. The minimum Gasteiger partial charge on any atom is -0.370 e. The van der Waals surface area contributed by atoms with Gasteiger partial charge in [0.15, 0.2) is 0 Å². The summed E-state index contributed by atoms with van der Waals surface area (Å²) in [6.45, 7) is 8.21. The molecule has 0 spiro atoms. The molecule has 18 heavy (non-hydrogen) atoms. The van der Waals surface area contributed by atoms with E-state index >= 15 is 0 Å². The summed E-state index contributed by atoms with van der Waals surface area (Å²) >= 11 is 0. The Morgan fingerprint density at radius 2 is 2.11 bits per heavy atom. The van der Waals surface area contributed by atoms with E-state index in [1.54, 1.807) is 0 Å². The first-order chi connectivity index (χ1) is 8.25. The normalized spacial score (nSPS) is 14.4. The van der Waals surface area contributed by atoms with Crippen LogP contribution in [0.25, 0.3) is 0 Å². The fourth-order valence-electron chi connectivity index (χ4n) is 1.57. The number of ether oxygens (including phenoxy) is 1. The van der Waals surface area contributed by atoms with Gasteiger partial charge in [-0.2, -0.15) is 29.8 Å². The Labute approximate surface area is 135 Å². The van der Waals surface area contributed by atoms with Crippen LogP contribution in [0.5, 0.6) is 0 Å². The summed E-state index contributed by atoms with van der Waals surface area (Å²) in [4.78, 5) is 13.3. The van der Waals surface area contributed by atoms with Gasteiger partial charge in [-0.25, -0.2) is 0 Å². The largest absolute Gasteiger partial charge is 0.370 e. The number of nitrogens with zero attached hydrogens (tertiary/aromatic N) is 1. The van der Waals surface area contributed by atoms with Crippen molar-refractivity contribution in [2.24, 2.45) is 0 Å². The molecular weight excluding hydrogens is 303 g/mol. The number of hydrogen-bond acceptors (Lipinski definition) is 2. The van der Waals surface area contributed by atoms with Crippen LogP contribution in [0.4, 0.5) is 0 Å². The van der Waals surface area contributed by atoms with Gasteiger partial charge in [0.1, 0.15) is 6.61 Å². The van der Waals surface area contributed by atoms with E-state index in [1.165, 1.54) is 0 Å². The van der Waals surface area contributed by atoms with Gasteiger partial charge >= 0.3 is 0 Å². The number of aryl methyl sites for hydroxylation is 1. The van der Waals surface area contributed by atoms with Crippen molar-refractivity contribution in [3.8, 4) is 0 Å². The van der Waals surface area contributed by atoms with Crippen LogP contribution in [0.2, 0.25) is 0 Å². The Morgan fingerprint density at radius 3 is 2.67 bits per heavy atom. The maximum Gasteiger partial charge on any atom is 0.247 e. The fourth-order valence-corrected chi connectivity index (χ4v) is 1.57. The number of carbonyl (C=O) groups excluding carboxylic acids is 1. The quantitative estimate of drug-likeness (QED) is 0.781. The third-order valence-corrected chi connectivity index (χ3v) is 2.49. The van der Waals surface area contributed by atoms with E-state index in [0.29, 0.717) is 19.7 Å². The van der Waals surface area contributed by atoms with Crippen molar-refractivity contribution in [2.45, 2.75) is 27.3 Å². The molecule has 1 heterocycles. The Bertz CT molecular complexity index is 351. The number of rotatable bonds is 2. The van der Waals surface area contributed by atoms with E-state index in [1.807, 2.05) is 43.9 Å². The van der Waals surface area contributed by atoms with Gasteiger partial charge in [0.05, 0.1) is 6.61 Å². The van der Waals surface area contributed by atoms with Crippen molar-refractivity contribution in [3.63, 3.8) is 0 Å². The molecule has 0 bridgehead atoms. The molecule has 1 aromatic carbocycles. The maximum absolute atomic E-state index is 11.5. The van der Waals surface area contributed by atoms with E-state index in [2.05, 4.69) is 6.07 Å². The van der Waals surface area contributed by atoms with E-state index in [9.17, 15) is 4.79 Å². The second-order valence-electron chi connectivity index (χ2n) is 3.75. The number of hydrogen-bond donors (Lipinski definition) is 0. The molecule has 1 aliphatic rings. The summed E-state index contributed by atoms with van der Waals surface area (Å²) in [6, 6.07) is 9.13. The fraction of sp³-hybridized carbons (Fsp3) is 0.500. The summed E-state index contributed by atoms with van der Waals surface area (Å²) in [5, 5.41) is 0. The molecule has 0 aliphatic carbocycles. The van der Waals surface area contributed by atoms with Gasteiger partial charge in [0.25, 0.3) is 0 Å². The van der Waals surface area contributed by atoms with E-state index in [4.69, 9.17) is 4.74 Å². The van der Waals surface area contributed by atoms with Crippen LogP contribution in [0.15, 0.2) is 18.2 Å². The molecule has 1 aliphatic heterocycles. The minimum absolute atomic E-state index is 0. The van der Waals surface area contributed by atoms with Crippen LogP contribution in [0.1, 0.15) is 25.0 Å². The standard InChI is InChI=1S/C12H14NO2.C2H6.Y/c1-10-2-4-11(5-3-10)8-13-6-7-15-9-12(13)14;1-2;/h2,4-5H,6-9H2,1H3;1-2H3;/q-1;;. The Kier molecular flexibility index (Phi) is 9.52. The smallest absolute Gasteiger partial charge is 0.247 e. The molecular formula is C14H20NO2Y-. The zero-order chi connectivity index (χ0) is 12.7. The number of amides is 1. The molecule has 1 radical (unpaired) electrons. The van der Waals surface area contributed by atoms with Crippen molar-refractivity contribution < 1.29 is 42.2 Å². The van der Waals surface area contributed by atoms with Gasteiger partial charge in [-0.1, -0.05) is 20.8 Å². The van der Waals surface area contributed by atoms with Crippen LogP contribution in [0, 0.1) is 13.0 Å². The first-order valence-corrected chi connectivity index (χ1v) is 6.08. The van der Waals surface area contributed by atoms with E-state index < -0.39 is 0 Å². The molecule has 1 amide bonds. The molecule has 1 aromatic rings. The van der Waals surface area contributed by atoms with Crippen LogP contribution in [-0.4, -0.2) is 30.6 Å². The molecule has 1 saturated heterocycles. The van der Waals surface area contributed by atoms with Crippen LogP contribution >= 0.6 is 0 Å². The summed E-state index contributed by atoms with van der Waals surface area (Å²) in [5.41, 5.74) is 2.24. The van der Waals surface area contributed by atoms with Crippen LogP contribution < -0.4 is 0 Å². The summed E-state index contributed by atoms with van der Waals surface area (Å²) in [5.74, 6) is 0.0711. The maximum atomic E-state index is 11.5. The van der Waals surface area contributed by atoms with Gasteiger partial charge < -0.3 is 9.64 Å². The summed E-state index contributed by atoms with van der Waals surface area (Å²) in [6.07, 6.45) is 0. The van der Waals surface area contributed by atoms with Gasteiger partial charge in [-0.3, -0.25) is 4.79 Å². The topological polar surface area (TPSA) is 29.5 Å². The van der Waals surface area contributed by atoms with Crippen molar-refractivity contribution >= 4 is 5.91 Å². The Balaban J connectivity index is 0.000000917. The van der Waals surface area contributed by atoms with E-state index in [0.717, 1.165) is 11.1 Å². The average molecular weight is 323 g/mol. The predicted octanol–water partition coefficient (Wildman–Crippen LogP) is 2.18. The molecule has 0 saturated carbocycles. The number of morpholine rings is 1. The minimum atomic E-state index is 0. The number of benzene rings is 1. The first-order valence-electron chi connectivity index (χ1n) is 6.08. The SMILES string of the molecule is CC.Cc1[c-]cc(CN2CCOCC2=O)cc1.[Y]. The second kappa shape index (κ2) is 9.65. The van der Waals surface area contributed by atoms with Crippen molar-refractivity contribution in [2.75, 3.05) is 19.8 Å². The molecule has 1 fully saturated rings. The molecule has 0 atom stereocenters.